The average Bonchev–Trinajstić information content (AvgIpc) is 3.95. The van der Waals surface area contributed by atoms with E-state index in [0.29, 0.717) is 0 Å². The molecule has 5 aromatic carbocycles. The molecule has 0 aromatic heterocycles. The predicted molar refractivity (Wildman–Crippen MR) is 175 cm³/mol. The van der Waals surface area contributed by atoms with E-state index in [1.807, 2.05) is 0 Å². The maximum Gasteiger partial charge on any atom is 0.0465 e. The van der Waals surface area contributed by atoms with Crippen LogP contribution in [0, 0.1) is 17.8 Å². The van der Waals surface area contributed by atoms with Crippen molar-refractivity contribution in [1.29, 1.82) is 0 Å². The van der Waals surface area contributed by atoms with E-state index in [9.17, 15) is 0 Å². The van der Waals surface area contributed by atoms with Gasteiger partial charge in [0.1, 0.15) is 0 Å². The normalized spacial score (nSPS) is 25.1. The Morgan fingerprint density at radius 1 is 0.619 bits per heavy atom. The first-order chi connectivity index (χ1) is 20.5. The molecule has 0 saturated heterocycles. The molecule has 0 radical (unpaired) electrons. The highest BCUT2D eigenvalue weighted by Crippen LogP contribution is 2.70. The highest BCUT2D eigenvalue weighted by molar-refractivity contribution is 5.86. The van der Waals surface area contributed by atoms with Gasteiger partial charge in [0.25, 0.3) is 0 Å². The zero-order valence-electron chi connectivity index (χ0n) is 24.3. The minimum Gasteiger partial charge on any atom is -0.310 e. The smallest absolute Gasteiger partial charge is 0.0465 e. The second-order valence-corrected chi connectivity index (χ2v) is 13.5. The van der Waals surface area contributed by atoms with E-state index in [-0.39, 0.29) is 10.8 Å². The van der Waals surface area contributed by atoms with Gasteiger partial charge in [-0.3, -0.25) is 0 Å². The molecule has 204 valence electrons. The van der Waals surface area contributed by atoms with Crippen LogP contribution in [0.3, 0.4) is 0 Å². The molecule has 4 aliphatic carbocycles. The van der Waals surface area contributed by atoms with Crippen LogP contribution in [0.2, 0.25) is 0 Å². The third kappa shape index (κ3) is 3.49. The summed E-state index contributed by atoms with van der Waals surface area (Å²) in [5.74, 6) is 2.61. The molecule has 2 fully saturated rings. The Morgan fingerprint density at radius 3 is 2.19 bits per heavy atom. The molecule has 0 spiro atoms. The fraction of sp³-hybridized carbons (Fsp3) is 0.220. The summed E-state index contributed by atoms with van der Waals surface area (Å²) in [7, 11) is 0. The number of rotatable bonds is 5. The maximum absolute atomic E-state index is 2.55. The molecule has 0 aliphatic heterocycles. The van der Waals surface area contributed by atoms with Crippen molar-refractivity contribution in [2.24, 2.45) is 17.8 Å². The molecule has 1 nitrogen and oxygen atoms in total. The van der Waals surface area contributed by atoms with Crippen LogP contribution in [0.25, 0.3) is 22.3 Å². The van der Waals surface area contributed by atoms with Crippen LogP contribution in [0.4, 0.5) is 17.1 Å². The van der Waals surface area contributed by atoms with Gasteiger partial charge in [0, 0.05) is 27.9 Å². The minimum absolute atomic E-state index is 0.0412. The van der Waals surface area contributed by atoms with Gasteiger partial charge in [-0.15, -0.1) is 0 Å². The summed E-state index contributed by atoms with van der Waals surface area (Å²) in [5.41, 5.74) is 13.4. The minimum atomic E-state index is -0.0412. The van der Waals surface area contributed by atoms with Crippen LogP contribution in [0.15, 0.2) is 133 Å². The molecule has 4 atom stereocenters. The molecule has 9 rings (SSSR count). The van der Waals surface area contributed by atoms with Crippen molar-refractivity contribution in [2.75, 3.05) is 4.90 Å². The maximum atomic E-state index is 2.55. The van der Waals surface area contributed by atoms with Crippen LogP contribution in [0.5, 0.6) is 0 Å². The van der Waals surface area contributed by atoms with Gasteiger partial charge in [-0.2, -0.15) is 0 Å². The van der Waals surface area contributed by atoms with Crippen molar-refractivity contribution in [1.82, 2.24) is 0 Å². The van der Waals surface area contributed by atoms with E-state index in [1.54, 1.807) is 0 Å². The number of benzene rings is 5. The summed E-state index contributed by atoms with van der Waals surface area (Å²) in [5, 5.41) is 0. The Morgan fingerprint density at radius 2 is 1.33 bits per heavy atom. The van der Waals surface area contributed by atoms with Crippen LogP contribution < -0.4 is 4.90 Å². The second-order valence-electron chi connectivity index (χ2n) is 13.5. The molecule has 2 saturated carbocycles. The lowest BCUT2D eigenvalue weighted by atomic mass is 9.82. The van der Waals surface area contributed by atoms with Crippen LogP contribution >= 0.6 is 0 Å². The van der Waals surface area contributed by atoms with Gasteiger partial charge < -0.3 is 4.90 Å². The second kappa shape index (κ2) is 8.58. The molecule has 0 amide bonds. The van der Waals surface area contributed by atoms with Gasteiger partial charge in [0.2, 0.25) is 0 Å². The fourth-order valence-corrected chi connectivity index (χ4v) is 8.32. The number of hydrogen-bond donors (Lipinski definition) is 0. The number of anilines is 3. The average molecular weight is 542 g/mol. The third-order valence-corrected chi connectivity index (χ3v) is 10.8. The quantitative estimate of drug-likeness (QED) is 0.200. The molecule has 0 heterocycles. The van der Waals surface area contributed by atoms with Gasteiger partial charge in [-0.05, 0) is 106 Å². The Bertz CT molecular complexity index is 1880. The van der Waals surface area contributed by atoms with E-state index in [4.69, 9.17) is 0 Å². The predicted octanol–water partition coefficient (Wildman–Crippen LogP) is 10.6. The molecule has 4 aliphatic rings. The van der Waals surface area contributed by atoms with Crippen molar-refractivity contribution in [3.63, 3.8) is 0 Å². The third-order valence-electron chi connectivity index (χ3n) is 10.8. The first kappa shape index (κ1) is 24.3. The zero-order valence-corrected chi connectivity index (χ0v) is 24.3. The number of allylic oxidation sites excluding steroid dienone is 2. The van der Waals surface area contributed by atoms with E-state index in [0.717, 1.165) is 17.8 Å². The molecule has 42 heavy (non-hydrogen) atoms. The summed E-state index contributed by atoms with van der Waals surface area (Å²) in [4.78, 5) is 2.47. The monoisotopic (exact) mass is 541 g/mol. The molecule has 4 unspecified atom stereocenters. The van der Waals surface area contributed by atoms with E-state index >= 15 is 0 Å². The fourth-order valence-electron chi connectivity index (χ4n) is 8.32. The SMILES string of the molecule is CC1(C)c2ccccc2-c2ccc(N(c3ccc(-c4ccccc4)cc3)c3cccc(C45C=CC6CC6C4C5)c3)cc21. The standard InChI is InChI=1S/C41H35N/c1-40(2)37-14-7-6-13-34(37)35-20-19-33(25-38(35)40)42(31-17-15-28(16-18-31)27-9-4-3-5-10-27)32-12-8-11-30(24-32)41-22-21-29-23-36(29)39(41)26-41/h3-22,24-25,29,36,39H,23,26H2,1-2H3. The Balaban J connectivity index is 1.17. The van der Waals surface area contributed by atoms with Crippen LogP contribution in [0.1, 0.15) is 43.4 Å². The first-order valence-electron chi connectivity index (χ1n) is 15.5. The van der Waals surface area contributed by atoms with E-state index in [2.05, 4.69) is 152 Å². The van der Waals surface area contributed by atoms with E-state index in [1.165, 1.54) is 68.8 Å². The number of hydrogen-bond acceptors (Lipinski definition) is 1. The largest absolute Gasteiger partial charge is 0.310 e. The lowest BCUT2D eigenvalue weighted by Gasteiger charge is -2.29. The molecule has 0 N–H and O–H groups in total. The number of fused-ring (bicyclic) bond motifs is 6. The molecule has 0 bridgehead atoms. The highest BCUT2D eigenvalue weighted by atomic mass is 15.1. The molecule has 1 heteroatoms. The van der Waals surface area contributed by atoms with Crippen molar-refractivity contribution in [3.05, 3.63) is 150 Å². The summed E-state index contributed by atoms with van der Waals surface area (Å²) >= 11 is 0. The van der Waals surface area contributed by atoms with Crippen molar-refractivity contribution in [3.8, 4) is 22.3 Å². The molecule has 5 aromatic rings. The van der Waals surface area contributed by atoms with Crippen LogP contribution in [-0.2, 0) is 10.8 Å². The van der Waals surface area contributed by atoms with Crippen LogP contribution in [-0.4, -0.2) is 0 Å². The zero-order chi connectivity index (χ0) is 28.1. The Kier molecular flexibility index (Phi) is 4.96. The van der Waals surface area contributed by atoms with Crippen molar-refractivity contribution >= 4 is 17.1 Å². The summed E-state index contributed by atoms with van der Waals surface area (Å²) in [6.07, 6.45) is 7.78. The number of nitrogens with zero attached hydrogens (tertiary/aromatic N) is 1. The first-order valence-corrected chi connectivity index (χ1v) is 15.5. The molecular formula is C41H35N. The van der Waals surface area contributed by atoms with Gasteiger partial charge in [-0.25, -0.2) is 0 Å². The lowest BCUT2D eigenvalue weighted by Crippen LogP contribution is -2.17. The lowest BCUT2D eigenvalue weighted by molar-refractivity contribution is 0.590. The summed E-state index contributed by atoms with van der Waals surface area (Å²) in [6.45, 7) is 4.74. The van der Waals surface area contributed by atoms with E-state index < -0.39 is 0 Å². The van der Waals surface area contributed by atoms with Gasteiger partial charge in [0.05, 0.1) is 0 Å². The van der Waals surface area contributed by atoms with Gasteiger partial charge in [-0.1, -0.05) is 111 Å². The van der Waals surface area contributed by atoms with Crippen molar-refractivity contribution in [2.45, 2.75) is 37.5 Å². The van der Waals surface area contributed by atoms with Gasteiger partial charge >= 0.3 is 0 Å². The molecular weight excluding hydrogens is 506 g/mol. The summed E-state index contributed by atoms with van der Waals surface area (Å²) < 4.78 is 0. The Hall–Kier alpha value is -4.36. The van der Waals surface area contributed by atoms with Gasteiger partial charge in [0.15, 0.2) is 0 Å². The topological polar surface area (TPSA) is 3.24 Å². The Labute approximate surface area is 249 Å². The summed E-state index contributed by atoms with van der Waals surface area (Å²) in [6, 6.07) is 45.2. The van der Waals surface area contributed by atoms with Crippen molar-refractivity contribution < 1.29 is 0 Å². The highest BCUT2D eigenvalue weighted by Gasteiger charge is 2.64.